The molecule has 0 aliphatic carbocycles. The fourth-order valence-corrected chi connectivity index (χ4v) is 3.35. The number of amides is 2. The molecule has 0 bridgehead atoms. The van der Waals surface area contributed by atoms with Crippen LogP contribution in [0.3, 0.4) is 0 Å². The largest absolute Gasteiger partial charge is 0.496 e. The first-order valence-electron chi connectivity index (χ1n) is 9.25. The minimum Gasteiger partial charge on any atom is -0.496 e. The average Bonchev–Trinajstić information content (AvgIpc) is 2.73. The molecule has 0 saturated carbocycles. The van der Waals surface area contributed by atoms with Crippen molar-refractivity contribution in [3.8, 4) is 5.75 Å². The number of para-hydroxylation sites is 1. The SMILES string of the molecule is COc1ccccc1CC(=O)N1CCC(CNC(=O)c2cccnc2)CC1. The van der Waals surface area contributed by atoms with E-state index in [2.05, 4.69) is 10.3 Å². The minimum atomic E-state index is -0.0993. The molecule has 1 aromatic carbocycles. The molecule has 6 nitrogen and oxygen atoms in total. The lowest BCUT2D eigenvalue weighted by Crippen LogP contribution is -2.42. The fourth-order valence-electron chi connectivity index (χ4n) is 3.35. The van der Waals surface area contributed by atoms with E-state index in [0.717, 1.165) is 37.2 Å². The maximum absolute atomic E-state index is 12.6. The van der Waals surface area contributed by atoms with Gasteiger partial charge in [0.05, 0.1) is 19.1 Å². The Morgan fingerprint density at radius 3 is 2.67 bits per heavy atom. The first-order valence-corrected chi connectivity index (χ1v) is 9.25. The van der Waals surface area contributed by atoms with Crippen molar-refractivity contribution < 1.29 is 14.3 Å². The smallest absolute Gasteiger partial charge is 0.252 e. The number of pyridine rings is 1. The number of piperidine rings is 1. The van der Waals surface area contributed by atoms with E-state index in [0.29, 0.717) is 24.4 Å². The molecule has 0 radical (unpaired) electrons. The molecule has 0 unspecified atom stereocenters. The van der Waals surface area contributed by atoms with Gasteiger partial charge < -0.3 is 15.0 Å². The second-order valence-electron chi connectivity index (χ2n) is 6.76. The molecule has 1 N–H and O–H groups in total. The number of methoxy groups -OCH3 is 1. The molecule has 1 aromatic heterocycles. The summed E-state index contributed by atoms with van der Waals surface area (Å²) in [6.45, 7) is 2.07. The van der Waals surface area contributed by atoms with Crippen LogP contribution in [0.25, 0.3) is 0 Å². The van der Waals surface area contributed by atoms with E-state index in [9.17, 15) is 9.59 Å². The first kappa shape index (κ1) is 18.9. The third-order valence-electron chi connectivity index (χ3n) is 4.98. The van der Waals surface area contributed by atoms with Gasteiger partial charge in [-0.05, 0) is 37.0 Å². The predicted molar refractivity (Wildman–Crippen MR) is 103 cm³/mol. The van der Waals surface area contributed by atoms with E-state index >= 15 is 0 Å². The van der Waals surface area contributed by atoms with E-state index in [1.165, 1.54) is 0 Å². The summed E-state index contributed by atoms with van der Waals surface area (Å²) in [6, 6.07) is 11.1. The van der Waals surface area contributed by atoms with Gasteiger partial charge in [-0.2, -0.15) is 0 Å². The summed E-state index contributed by atoms with van der Waals surface area (Å²) >= 11 is 0. The van der Waals surface area contributed by atoms with Crippen molar-refractivity contribution in [2.45, 2.75) is 19.3 Å². The summed E-state index contributed by atoms with van der Waals surface area (Å²) < 4.78 is 5.33. The quantitative estimate of drug-likeness (QED) is 0.850. The highest BCUT2D eigenvalue weighted by molar-refractivity contribution is 5.93. The highest BCUT2D eigenvalue weighted by Gasteiger charge is 2.23. The Morgan fingerprint density at radius 2 is 1.96 bits per heavy atom. The van der Waals surface area contributed by atoms with Crippen LogP contribution < -0.4 is 10.1 Å². The number of benzene rings is 1. The zero-order valence-electron chi connectivity index (χ0n) is 15.6. The van der Waals surface area contributed by atoms with Gasteiger partial charge in [0.15, 0.2) is 0 Å². The van der Waals surface area contributed by atoms with Crippen molar-refractivity contribution >= 4 is 11.8 Å². The van der Waals surface area contributed by atoms with Gasteiger partial charge in [-0.1, -0.05) is 18.2 Å². The van der Waals surface area contributed by atoms with E-state index in [-0.39, 0.29) is 11.8 Å². The van der Waals surface area contributed by atoms with Crippen LogP contribution in [-0.4, -0.2) is 48.4 Å². The number of likely N-dealkylation sites (tertiary alicyclic amines) is 1. The van der Waals surface area contributed by atoms with E-state index in [4.69, 9.17) is 4.74 Å². The highest BCUT2D eigenvalue weighted by atomic mass is 16.5. The standard InChI is InChI=1S/C21H25N3O3/c1-27-19-7-3-2-5-17(19)13-20(25)24-11-8-16(9-12-24)14-23-21(26)18-6-4-10-22-15-18/h2-7,10,15-16H,8-9,11-14H2,1H3,(H,23,26). The summed E-state index contributed by atoms with van der Waals surface area (Å²) in [5, 5.41) is 2.97. The number of hydrogen-bond donors (Lipinski definition) is 1. The Labute approximate surface area is 159 Å². The monoisotopic (exact) mass is 367 g/mol. The number of ether oxygens (including phenoxy) is 1. The number of nitrogens with one attached hydrogen (secondary N) is 1. The van der Waals surface area contributed by atoms with Crippen LogP contribution in [-0.2, 0) is 11.2 Å². The minimum absolute atomic E-state index is 0.0993. The van der Waals surface area contributed by atoms with Crippen molar-refractivity contribution in [1.82, 2.24) is 15.2 Å². The van der Waals surface area contributed by atoms with Crippen LogP contribution >= 0.6 is 0 Å². The van der Waals surface area contributed by atoms with Crippen molar-refractivity contribution in [3.63, 3.8) is 0 Å². The molecule has 2 heterocycles. The Kier molecular flexibility index (Phi) is 6.41. The topological polar surface area (TPSA) is 71.5 Å². The number of rotatable bonds is 6. The summed E-state index contributed by atoms with van der Waals surface area (Å²) in [5.41, 5.74) is 1.48. The maximum Gasteiger partial charge on any atom is 0.252 e. The number of hydrogen-bond acceptors (Lipinski definition) is 4. The molecule has 6 heteroatoms. The summed E-state index contributed by atoms with van der Waals surface area (Å²) in [7, 11) is 1.62. The van der Waals surface area contributed by atoms with Gasteiger partial charge in [0.25, 0.3) is 5.91 Å². The van der Waals surface area contributed by atoms with Gasteiger partial charge in [-0.15, -0.1) is 0 Å². The lowest BCUT2D eigenvalue weighted by Gasteiger charge is -2.32. The van der Waals surface area contributed by atoms with Gasteiger partial charge in [0.1, 0.15) is 5.75 Å². The Bertz CT molecular complexity index is 771. The molecular formula is C21H25N3O3. The van der Waals surface area contributed by atoms with Gasteiger partial charge in [0, 0.05) is 37.6 Å². The van der Waals surface area contributed by atoms with Crippen molar-refractivity contribution in [3.05, 3.63) is 59.9 Å². The van der Waals surface area contributed by atoms with Crippen LogP contribution in [0.15, 0.2) is 48.8 Å². The summed E-state index contributed by atoms with van der Waals surface area (Å²) in [6.07, 6.45) is 5.35. The van der Waals surface area contributed by atoms with E-state index in [1.807, 2.05) is 29.2 Å². The van der Waals surface area contributed by atoms with Crippen LogP contribution in [0.5, 0.6) is 5.75 Å². The van der Waals surface area contributed by atoms with E-state index < -0.39 is 0 Å². The van der Waals surface area contributed by atoms with Crippen molar-refractivity contribution in [1.29, 1.82) is 0 Å². The van der Waals surface area contributed by atoms with Gasteiger partial charge >= 0.3 is 0 Å². The third-order valence-corrected chi connectivity index (χ3v) is 4.98. The van der Waals surface area contributed by atoms with Crippen molar-refractivity contribution in [2.24, 2.45) is 5.92 Å². The molecule has 1 aliphatic rings. The molecule has 2 aromatic rings. The molecule has 1 fully saturated rings. The Hall–Kier alpha value is -2.89. The highest BCUT2D eigenvalue weighted by Crippen LogP contribution is 2.21. The molecule has 27 heavy (non-hydrogen) atoms. The second-order valence-corrected chi connectivity index (χ2v) is 6.76. The second kappa shape index (κ2) is 9.16. The van der Waals surface area contributed by atoms with Crippen LogP contribution in [0, 0.1) is 5.92 Å². The lowest BCUT2D eigenvalue weighted by atomic mass is 9.96. The lowest BCUT2D eigenvalue weighted by molar-refractivity contribution is -0.131. The number of carbonyl (C=O) groups excluding carboxylic acids is 2. The number of aromatic nitrogens is 1. The van der Waals surface area contributed by atoms with Crippen LogP contribution in [0.1, 0.15) is 28.8 Å². The molecule has 0 atom stereocenters. The molecule has 3 rings (SSSR count). The molecule has 1 saturated heterocycles. The van der Waals surface area contributed by atoms with Gasteiger partial charge in [-0.25, -0.2) is 0 Å². The zero-order chi connectivity index (χ0) is 19.1. The first-order chi connectivity index (χ1) is 13.2. The third kappa shape index (κ3) is 5.06. The zero-order valence-corrected chi connectivity index (χ0v) is 15.6. The molecule has 0 spiro atoms. The fraction of sp³-hybridized carbons (Fsp3) is 0.381. The maximum atomic E-state index is 12.6. The van der Waals surface area contributed by atoms with Crippen LogP contribution in [0.4, 0.5) is 0 Å². The average molecular weight is 367 g/mol. The number of carbonyl (C=O) groups is 2. The molecule has 2 amide bonds. The molecule has 1 aliphatic heterocycles. The Morgan fingerprint density at radius 1 is 1.19 bits per heavy atom. The van der Waals surface area contributed by atoms with Gasteiger partial charge in [0.2, 0.25) is 5.91 Å². The normalized spacial score (nSPS) is 14.6. The Balaban J connectivity index is 1.44. The van der Waals surface area contributed by atoms with Crippen molar-refractivity contribution in [2.75, 3.05) is 26.7 Å². The van der Waals surface area contributed by atoms with Gasteiger partial charge in [-0.3, -0.25) is 14.6 Å². The van der Waals surface area contributed by atoms with E-state index in [1.54, 1.807) is 31.6 Å². The summed E-state index contributed by atoms with van der Waals surface area (Å²) in [5.74, 6) is 1.16. The molecule has 142 valence electrons. The van der Waals surface area contributed by atoms with Crippen LogP contribution in [0.2, 0.25) is 0 Å². The predicted octanol–water partition coefficient (Wildman–Crippen LogP) is 2.30. The number of nitrogens with zero attached hydrogens (tertiary/aromatic N) is 2. The molecular weight excluding hydrogens is 342 g/mol. The summed E-state index contributed by atoms with van der Waals surface area (Å²) in [4.78, 5) is 30.6.